The van der Waals surface area contributed by atoms with Crippen LogP contribution in [0.1, 0.15) is 24.5 Å². The number of aryl methyl sites for hydroxylation is 2. The van der Waals surface area contributed by atoms with Gasteiger partial charge in [-0.2, -0.15) is 4.31 Å². The molecule has 0 amide bonds. The van der Waals surface area contributed by atoms with Gasteiger partial charge in [-0.3, -0.25) is 0 Å². The first-order valence-corrected chi connectivity index (χ1v) is 10.1. The first kappa shape index (κ1) is 16.3. The van der Waals surface area contributed by atoms with Crippen LogP contribution in [0.4, 0.5) is 0 Å². The Bertz CT molecular complexity index is 646. The van der Waals surface area contributed by atoms with Gasteiger partial charge in [0.05, 0.1) is 11.0 Å². The monoisotopic (exact) mass is 341 g/mol. The Balaban J connectivity index is 1.72. The average Bonchev–Trinajstić information content (AvgIpc) is 2.80. The van der Waals surface area contributed by atoms with Crippen molar-refractivity contribution in [1.82, 2.24) is 4.31 Å². The molecule has 0 bridgehead atoms. The predicted molar refractivity (Wildman–Crippen MR) is 89.9 cm³/mol. The lowest BCUT2D eigenvalue weighted by Gasteiger charge is -2.46. The van der Waals surface area contributed by atoms with Gasteiger partial charge in [0.25, 0.3) is 0 Å². The second-order valence-corrected chi connectivity index (χ2v) is 9.80. The van der Waals surface area contributed by atoms with Crippen LogP contribution < -0.4 is 0 Å². The van der Waals surface area contributed by atoms with Gasteiger partial charge < -0.3 is 4.74 Å². The van der Waals surface area contributed by atoms with E-state index in [0.717, 1.165) is 29.9 Å². The van der Waals surface area contributed by atoms with Gasteiger partial charge in [0, 0.05) is 30.2 Å². The van der Waals surface area contributed by atoms with Crippen molar-refractivity contribution in [2.45, 2.75) is 42.9 Å². The van der Waals surface area contributed by atoms with Crippen LogP contribution in [0, 0.1) is 13.8 Å². The van der Waals surface area contributed by atoms with Gasteiger partial charge in [0.2, 0.25) is 10.0 Å². The summed E-state index contributed by atoms with van der Waals surface area (Å²) in [7, 11) is -3.36. The lowest BCUT2D eigenvalue weighted by atomic mass is 9.95. The smallest absolute Gasteiger partial charge is 0.243 e. The molecule has 1 aromatic rings. The van der Waals surface area contributed by atoms with Gasteiger partial charge in [-0.15, -0.1) is 11.8 Å². The van der Waals surface area contributed by atoms with Crippen molar-refractivity contribution in [2.24, 2.45) is 0 Å². The molecule has 0 aromatic heterocycles. The van der Waals surface area contributed by atoms with E-state index in [0.29, 0.717) is 18.0 Å². The third-order valence-corrected chi connectivity index (χ3v) is 7.68. The summed E-state index contributed by atoms with van der Waals surface area (Å²) in [6.45, 7) is 7.82. The molecule has 122 valence electrons. The minimum atomic E-state index is -3.36. The van der Waals surface area contributed by atoms with E-state index >= 15 is 0 Å². The van der Waals surface area contributed by atoms with Crippen LogP contribution in [0.25, 0.3) is 0 Å². The van der Waals surface area contributed by atoms with Gasteiger partial charge in [0.1, 0.15) is 0 Å². The van der Waals surface area contributed by atoms with Crippen molar-refractivity contribution < 1.29 is 13.2 Å². The maximum atomic E-state index is 12.8. The van der Waals surface area contributed by atoms with E-state index in [-0.39, 0.29) is 10.9 Å². The van der Waals surface area contributed by atoms with Crippen molar-refractivity contribution in [3.05, 3.63) is 29.3 Å². The molecule has 1 aromatic carbocycles. The fraction of sp³-hybridized carbons (Fsp3) is 0.625. The number of nitrogens with zero attached hydrogens (tertiary/aromatic N) is 1. The lowest BCUT2D eigenvalue weighted by Crippen LogP contribution is -2.60. The molecule has 2 aliphatic rings. The van der Waals surface area contributed by atoms with Crippen molar-refractivity contribution in [1.29, 1.82) is 0 Å². The topological polar surface area (TPSA) is 46.6 Å². The summed E-state index contributed by atoms with van der Waals surface area (Å²) < 4.78 is 32.9. The Morgan fingerprint density at radius 1 is 1.27 bits per heavy atom. The quantitative estimate of drug-likeness (QED) is 0.844. The van der Waals surface area contributed by atoms with Gasteiger partial charge in [0.15, 0.2) is 0 Å². The molecule has 2 fully saturated rings. The number of benzene rings is 1. The highest BCUT2D eigenvalue weighted by molar-refractivity contribution is 8.01. The Hall–Kier alpha value is -0.560. The number of thioether (sulfide) groups is 1. The summed E-state index contributed by atoms with van der Waals surface area (Å²) in [5.74, 6) is 0.977. The maximum absolute atomic E-state index is 12.8. The molecule has 1 atom stereocenters. The van der Waals surface area contributed by atoms with Crippen LogP contribution in [-0.4, -0.2) is 49.0 Å². The highest BCUT2D eigenvalue weighted by atomic mass is 32.2. The minimum Gasteiger partial charge on any atom is -0.378 e. The molecule has 0 saturated carbocycles. The fourth-order valence-corrected chi connectivity index (χ4v) is 6.88. The largest absolute Gasteiger partial charge is 0.378 e. The molecular weight excluding hydrogens is 318 g/mol. The normalized spacial score (nSPS) is 24.6. The number of hydrogen-bond acceptors (Lipinski definition) is 4. The van der Waals surface area contributed by atoms with E-state index in [1.165, 1.54) is 0 Å². The van der Waals surface area contributed by atoms with Crippen LogP contribution >= 0.6 is 11.8 Å². The van der Waals surface area contributed by atoms with Crippen LogP contribution in [0.15, 0.2) is 23.1 Å². The highest BCUT2D eigenvalue weighted by Gasteiger charge is 2.53. The van der Waals surface area contributed by atoms with Gasteiger partial charge >= 0.3 is 0 Å². The zero-order valence-electron chi connectivity index (χ0n) is 13.3. The zero-order valence-corrected chi connectivity index (χ0v) is 15.0. The lowest BCUT2D eigenvalue weighted by molar-refractivity contribution is 0.0598. The minimum absolute atomic E-state index is 0.0752. The van der Waals surface area contributed by atoms with Crippen molar-refractivity contribution in [3.8, 4) is 0 Å². The van der Waals surface area contributed by atoms with E-state index in [1.54, 1.807) is 16.4 Å². The highest BCUT2D eigenvalue weighted by Crippen LogP contribution is 2.47. The molecule has 0 radical (unpaired) electrons. The Labute approximate surface area is 137 Å². The van der Waals surface area contributed by atoms with E-state index in [1.807, 2.05) is 38.6 Å². The van der Waals surface area contributed by atoms with Crippen molar-refractivity contribution in [2.75, 3.05) is 25.4 Å². The molecule has 2 heterocycles. The van der Waals surface area contributed by atoms with Crippen LogP contribution in [0.3, 0.4) is 0 Å². The number of hydrogen-bond donors (Lipinski definition) is 0. The molecule has 4 nitrogen and oxygen atoms in total. The SMILES string of the molecule is CCO[C@H]1CSC2(C1)CN(S(=O)(=O)c1cc(C)cc(C)c1)C2. The van der Waals surface area contributed by atoms with E-state index in [9.17, 15) is 8.42 Å². The van der Waals surface area contributed by atoms with E-state index < -0.39 is 10.0 Å². The summed E-state index contributed by atoms with van der Waals surface area (Å²) in [5, 5.41) is 0. The summed E-state index contributed by atoms with van der Waals surface area (Å²) in [5.41, 5.74) is 1.97. The van der Waals surface area contributed by atoms with E-state index in [2.05, 4.69) is 0 Å². The third-order valence-electron chi connectivity index (χ3n) is 4.34. The molecule has 3 rings (SSSR count). The number of rotatable bonds is 4. The number of sulfonamides is 1. The first-order valence-electron chi connectivity index (χ1n) is 7.69. The molecule has 0 aliphatic carbocycles. The Morgan fingerprint density at radius 2 is 1.91 bits per heavy atom. The first-order chi connectivity index (χ1) is 10.3. The Morgan fingerprint density at radius 3 is 2.50 bits per heavy atom. The molecule has 1 spiro atoms. The second-order valence-electron chi connectivity index (χ2n) is 6.37. The molecule has 2 aliphatic heterocycles. The summed E-state index contributed by atoms with van der Waals surface area (Å²) >= 11 is 1.87. The van der Waals surface area contributed by atoms with E-state index in [4.69, 9.17) is 4.74 Å². The Kier molecular flexibility index (Phi) is 4.31. The number of ether oxygens (including phenoxy) is 1. The summed E-state index contributed by atoms with van der Waals surface area (Å²) in [6.07, 6.45) is 1.24. The van der Waals surface area contributed by atoms with Crippen molar-refractivity contribution in [3.63, 3.8) is 0 Å². The second kappa shape index (κ2) is 5.82. The third kappa shape index (κ3) is 2.94. The van der Waals surface area contributed by atoms with Gasteiger partial charge in [-0.1, -0.05) is 6.07 Å². The molecule has 2 saturated heterocycles. The molecule has 0 N–H and O–H groups in total. The average molecular weight is 341 g/mol. The zero-order chi connectivity index (χ0) is 16.0. The van der Waals surface area contributed by atoms with Crippen LogP contribution in [0.5, 0.6) is 0 Å². The molecule has 6 heteroatoms. The standard InChI is InChI=1S/C16H23NO3S2/c1-4-20-14-8-16(21-9-14)10-17(11-16)22(18,19)15-6-12(2)5-13(3)7-15/h5-7,14H,4,8-11H2,1-3H3/t14-/m1/s1. The van der Waals surface area contributed by atoms with Crippen LogP contribution in [0.2, 0.25) is 0 Å². The fourth-order valence-electron chi connectivity index (χ4n) is 3.36. The maximum Gasteiger partial charge on any atom is 0.243 e. The predicted octanol–water partition coefficient (Wildman–Crippen LogP) is 2.59. The summed E-state index contributed by atoms with van der Waals surface area (Å²) in [6, 6.07) is 5.52. The summed E-state index contributed by atoms with van der Waals surface area (Å²) in [4.78, 5) is 0.421. The van der Waals surface area contributed by atoms with Gasteiger partial charge in [-0.05, 0) is 50.5 Å². The molecule has 22 heavy (non-hydrogen) atoms. The van der Waals surface area contributed by atoms with Crippen molar-refractivity contribution >= 4 is 21.8 Å². The van der Waals surface area contributed by atoms with Crippen LogP contribution in [-0.2, 0) is 14.8 Å². The molecule has 0 unspecified atom stereocenters. The molecular formula is C16H23NO3S2. The van der Waals surface area contributed by atoms with Gasteiger partial charge in [-0.25, -0.2) is 8.42 Å².